The summed E-state index contributed by atoms with van der Waals surface area (Å²) in [4.78, 5) is 54.5. The number of halogens is 3. The van der Waals surface area contributed by atoms with Gasteiger partial charge in [-0.3, -0.25) is 19.7 Å². The number of amides is 5. The van der Waals surface area contributed by atoms with E-state index >= 15 is 4.39 Å². The van der Waals surface area contributed by atoms with Crippen molar-refractivity contribution in [3.8, 4) is 0 Å². The standard InChI is InChI=1S/C30H25F3N4O4/c31-22-7-3-1-5-19(22)27(20-6-2-4-8-23(20)32)36-12-11-35(30(36)41)15-18-13-17-16-37(29(40)21(17)14-24(18)33)25-9-10-26(38)34-28(25)39/h1-8,13-14,25,27H,9-12,15-16H2,(H,34,38,39). The van der Waals surface area contributed by atoms with E-state index in [4.69, 9.17) is 0 Å². The lowest BCUT2D eigenvalue weighted by Gasteiger charge is -2.29. The van der Waals surface area contributed by atoms with E-state index in [0.717, 1.165) is 6.07 Å². The van der Waals surface area contributed by atoms with Gasteiger partial charge >= 0.3 is 6.03 Å². The summed E-state index contributed by atoms with van der Waals surface area (Å²) in [6.45, 7) is 0.287. The Hall–Kier alpha value is -4.67. The first-order chi connectivity index (χ1) is 19.7. The fraction of sp³-hybridized carbons (Fsp3) is 0.267. The molecule has 3 aromatic carbocycles. The molecule has 1 unspecified atom stereocenters. The molecule has 0 spiro atoms. The van der Waals surface area contributed by atoms with Gasteiger partial charge in [0.25, 0.3) is 5.91 Å². The van der Waals surface area contributed by atoms with Crippen LogP contribution in [0.2, 0.25) is 0 Å². The van der Waals surface area contributed by atoms with Gasteiger partial charge in [-0.05, 0) is 36.2 Å². The molecule has 2 fully saturated rings. The van der Waals surface area contributed by atoms with Gasteiger partial charge in [0.15, 0.2) is 0 Å². The van der Waals surface area contributed by atoms with Crippen LogP contribution in [-0.2, 0) is 22.7 Å². The Morgan fingerprint density at radius 2 is 1.51 bits per heavy atom. The SMILES string of the molecule is O=C1CCC(N2Cc3cc(CN4CCN(C(c5ccccc5F)c5ccccc5F)C4=O)c(F)cc3C2=O)C(=O)N1. The summed E-state index contributed by atoms with van der Waals surface area (Å²) in [5.74, 6) is -3.32. The van der Waals surface area contributed by atoms with Gasteiger partial charge in [0, 0.05) is 48.3 Å². The molecule has 0 aromatic heterocycles. The van der Waals surface area contributed by atoms with Gasteiger partial charge in [0.1, 0.15) is 23.5 Å². The zero-order valence-electron chi connectivity index (χ0n) is 21.8. The molecule has 210 valence electrons. The van der Waals surface area contributed by atoms with Crippen molar-refractivity contribution in [1.82, 2.24) is 20.0 Å². The van der Waals surface area contributed by atoms with Crippen molar-refractivity contribution in [2.75, 3.05) is 13.1 Å². The molecular formula is C30H25F3N4O4. The summed E-state index contributed by atoms with van der Waals surface area (Å²) in [7, 11) is 0. The highest BCUT2D eigenvalue weighted by Crippen LogP contribution is 2.36. The molecule has 2 saturated heterocycles. The van der Waals surface area contributed by atoms with Gasteiger partial charge in [-0.2, -0.15) is 0 Å². The molecule has 6 rings (SSSR count). The molecular weight excluding hydrogens is 537 g/mol. The van der Waals surface area contributed by atoms with E-state index in [1.807, 2.05) is 0 Å². The molecule has 8 nitrogen and oxygen atoms in total. The Kier molecular flexibility index (Phi) is 6.72. The highest BCUT2D eigenvalue weighted by molar-refractivity contribution is 6.05. The third kappa shape index (κ3) is 4.71. The normalized spacial score (nSPS) is 18.9. The maximum atomic E-state index is 15.2. The van der Waals surface area contributed by atoms with Crippen LogP contribution < -0.4 is 5.32 Å². The lowest BCUT2D eigenvalue weighted by Crippen LogP contribution is -2.52. The van der Waals surface area contributed by atoms with Crippen molar-refractivity contribution in [1.29, 1.82) is 0 Å². The molecule has 0 radical (unpaired) electrons. The predicted molar refractivity (Wildman–Crippen MR) is 140 cm³/mol. The van der Waals surface area contributed by atoms with E-state index in [2.05, 4.69) is 5.32 Å². The summed E-state index contributed by atoms with van der Waals surface area (Å²) < 4.78 is 45.1. The van der Waals surface area contributed by atoms with Crippen LogP contribution in [-0.4, -0.2) is 57.6 Å². The maximum absolute atomic E-state index is 15.2. The minimum atomic E-state index is -1.03. The molecule has 11 heteroatoms. The van der Waals surface area contributed by atoms with Crippen LogP contribution in [0, 0.1) is 17.5 Å². The van der Waals surface area contributed by atoms with Crippen molar-refractivity contribution in [2.45, 2.75) is 38.0 Å². The summed E-state index contributed by atoms with van der Waals surface area (Å²) >= 11 is 0. The van der Waals surface area contributed by atoms with Crippen molar-refractivity contribution in [2.24, 2.45) is 0 Å². The number of benzene rings is 3. The third-order valence-corrected chi connectivity index (χ3v) is 7.89. The van der Waals surface area contributed by atoms with Crippen LogP contribution in [0.15, 0.2) is 60.7 Å². The quantitative estimate of drug-likeness (QED) is 0.462. The average molecular weight is 563 g/mol. The molecule has 41 heavy (non-hydrogen) atoms. The van der Waals surface area contributed by atoms with E-state index in [0.29, 0.717) is 5.56 Å². The van der Waals surface area contributed by atoms with Crippen LogP contribution >= 0.6 is 0 Å². The summed E-state index contributed by atoms with van der Waals surface area (Å²) in [6, 6.07) is 12.0. The summed E-state index contributed by atoms with van der Waals surface area (Å²) in [6.07, 6.45) is 0.285. The number of hydrogen-bond donors (Lipinski definition) is 1. The lowest BCUT2D eigenvalue weighted by molar-refractivity contribution is -0.136. The zero-order chi connectivity index (χ0) is 28.8. The molecule has 3 aliphatic heterocycles. The van der Waals surface area contributed by atoms with Gasteiger partial charge in [0.05, 0.1) is 12.6 Å². The number of carbonyl (C=O) groups is 4. The van der Waals surface area contributed by atoms with E-state index in [1.54, 1.807) is 12.1 Å². The Labute approximate surface area is 233 Å². The Morgan fingerprint density at radius 1 is 0.854 bits per heavy atom. The van der Waals surface area contributed by atoms with Crippen molar-refractivity contribution in [3.63, 3.8) is 0 Å². The molecule has 0 saturated carbocycles. The van der Waals surface area contributed by atoms with E-state index < -0.39 is 53.3 Å². The molecule has 5 amide bonds. The predicted octanol–water partition coefficient (Wildman–Crippen LogP) is 3.89. The number of imide groups is 1. The number of carbonyl (C=O) groups excluding carboxylic acids is 4. The number of urea groups is 1. The topological polar surface area (TPSA) is 90.0 Å². The van der Waals surface area contributed by atoms with Crippen LogP contribution in [0.1, 0.15) is 51.5 Å². The lowest BCUT2D eigenvalue weighted by atomic mass is 9.96. The largest absolute Gasteiger partial charge is 0.322 e. The van der Waals surface area contributed by atoms with Gasteiger partial charge in [-0.1, -0.05) is 36.4 Å². The van der Waals surface area contributed by atoms with Gasteiger partial charge < -0.3 is 14.7 Å². The number of rotatable bonds is 6. The second-order valence-electron chi connectivity index (χ2n) is 10.3. The average Bonchev–Trinajstić information content (AvgIpc) is 3.45. The molecule has 0 aliphatic carbocycles. The number of nitrogens with zero attached hydrogens (tertiary/aromatic N) is 3. The van der Waals surface area contributed by atoms with Crippen molar-refractivity contribution < 1.29 is 32.3 Å². The second kappa shape index (κ2) is 10.4. The van der Waals surface area contributed by atoms with Crippen LogP contribution in [0.4, 0.5) is 18.0 Å². The molecule has 3 heterocycles. The van der Waals surface area contributed by atoms with E-state index in [9.17, 15) is 28.0 Å². The zero-order valence-corrected chi connectivity index (χ0v) is 21.8. The molecule has 1 atom stereocenters. The molecule has 0 bridgehead atoms. The second-order valence-corrected chi connectivity index (χ2v) is 10.3. The van der Waals surface area contributed by atoms with Crippen molar-refractivity contribution in [3.05, 3.63) is 106 Å². The molecule has 3 aromatic rings. The first-order valence-electron chi connectivity index (χ1n) is 13.2. The third-order valence-electron chi connectivity index (χ3n) is 7.89. The fourth-order valence-corrected chi connectivity index (χ4v) is 5.85. The Balaban J connectivity index is 1.24. The summed E-state index contributed by atoms with van der Waals surface area (Å²) in [5, 5.41) is 2.23. The minimum Gasteiger partial charge on any atom is -0.322 e. The van der Waals surface area contributed by atoms with Crippen LogP contribution in [0.3, 0.4) is 0 Å². The smallest absolute Gasteiger partial charge is 0.321 e. The maximum Gasteiger partial charge on any atom is 0.321 e. The Bertz CT molecular complexity index is 1550. The number of piperidine rings is 1. The van der Waals surface area contributed by atoms with Crippen molar-refractivity contribution >= 4 is 23.8 Å². The first kappa shape index (κ1) is 26.5. The monoisotopic (exact) mass is 562 g/mol. The molecule has 3 aliphatic rings. The highest BCUT2D eigenvalue weighted by atomic mass is 19.1. The first-order valence-corrected chi connectivity index (χ1v) is 13.2. The van der Waals surface area contributed by atoms with Crippen LogP contribution in [0.5, 0.6) is 0 Å². The molecule has 1 N–H and O–H groups in total. The number of fused-ring (bicyclic) bond motifs is 1. The fourth-order valence-electron chi connectivity index (χ4n) is 5.85. The minimum absolute atomic E-state index is 0.0659. The number of nitrogens with one attached hydrogen (secondary N) is 1. The van der Waals surface area contributed by atoms with Crippen LogP contribution in [0.25, 0.3) is 0 Å². The van der Waals surface area contributed by atoms with Gasteiger partial charge in [-0.15, -0.1) is 0 Å². The van der Waals surface area contributed by atoms with E-state index in [1.165, 1.54) is 57.2 Å². The highest BCUT2D eigenvalue weighted by Gasteiger charge is 2.41. The summed E-state index contributed by atoms with van der Waals surface area (Å²) in [5.41, 5.74) is 1.09. The van der Waals surface area contributed by atoms with Gasteiger partial charge in [0.2, 0.25) is 11.8 Å². The van der Waals surface area contributed by atoms with Gasteiger partial charge in [-0.25, -0.2) is 18.0 Å². The van der Waals surface area contributed by atoms with E-state index in [-0.39, 0.29) is 61.3 Å². The Morgan fingerprint density at radius 3 is 2.15 bits per heavy atom. The number of hydrogen-bond acceptors (Lipinski definition) is 4.